The number of hydrogen-bond donors (Lipinski definition) is 4. The van der Waals surface area contributed by atoms with Crippen molar-refractivity contribution < 1.29 is 34.7 Å². The molecule has 7 heteroatoms. The maximum atomic E-state index is 12.7. The van der Waals surface area contributed by atoms with Crippen molar-refractivity contribution in [1.82, 2.24) is 0 Å². The van der Waals surface area contributed by atoms with Gasteiger partial charge in [-0.1, -0.05) is 31.4 Å². The van der Waals surface area contributed by atoms with Gasteiger partial charge >= 0.3 is 5.97 Å². The molecule has 0 amide bonds. The van der Waals surface area contributed by atoms with Gasteiger partial charge in [0.15, 0.2) is 6.10 Å². The van der Waals surface area contributed by atoms with Crippen LogP contribution < -0.4 is 9.47 Å². The molecule has 1 aliphatic heterocycles. The fourth-order valence-corrected chi connectivity index (χ4v) is 5.00. The van der Waals surface area contributed by atoms with Crippen LogP contribution in [-0.2, 0) is 11.2 Å². The number of aliphatic hydroxyl groups is 4. The van der Waals surface area contributed by atoms with Gasteiger partial charge in [-0.15, -0.1) is 0 Å². The van der Waals surface area contributed by atoms with Gasteiger partial charge in [0.1, 0.15) is 29.3 Å². The zero-order valence-corrected chi connectivity index (χ0v) is 20.1. The maximum Gasteiger partial charge on any atom is 0.343 e. The lowest BCUT2D eigenvalue weighted by atomic mass is 9.68. The van der Waals surface area contributed by atoms with Crippen LogP contribution in [0.2, 0.25) is 0 Å². The standard InChI is InChI=1S/C26H38O7/c1-5-6-7-8-16-12-20(32-25(31)24(30)23(29)19(28)14-27)22-17-11-15(2)9-10-18(17)26(3,4)33-21(22)13-16/h11-13,17-19,23-24,27-30H,5-10,14H2,1-4H3/t17-,18-,19-,23-,24-/m1/s1. The number of hydrogen-bond acceptors (Lipinski definition) is 7. The Hall–Kier alpha value is -1.93. The Morgan fingerprint density at radius 1 is 1.24 bits per heavy atom. The number of aryl methyl sites for hydroxylation is 1. The number of fused-ring (bicyclic) bond motifs is 3. The lowest BCUT2D eigenvalue weighted by Gasteiger charge is -2.46. The molecule has 1 aromatic rings. The quantitative estimate of drug-likeness (QED) is 0.193. The lowest BCUT2D eigenvalue weighted by Crippen LogP contribution is -2.46. The highest BCUT2D eigenvalue weighted by molar-refractivity contribution is 5.78. The normalized spacial score (nSPS) is 23.9. The van der Waals surface area contributed by atoms with Crippen LogP contribution in [-0.4, -0.2) is 56.9 Å². The maximum absolute atomic E-state index is 12.7. The summed E-state index contributed by atoms with van der Waals surface area (Å²) >= 11 is 0. The van der Waals surface area contributed by atoms with Gasteiger partial charge in [0.25, 0.3) is 0 Å². The fourth-order valence-electron chi connectivity index (χ4n) is 5.00. The first-order chi connectivity index (χ1) is 15.6. The summed E-state index contributed by atoms with van der Waals surface area (Å²) in [4.78, 5) is 12.7. The Balaban J connectivity index is 2.02. The number of esters is 1. The molecule has 4 N–H and O–H groups in total. The summed E-state index contributed by atoms with van der Waals surface area (Å²) in [6.45, 7) is 7.63. The van der Waals surface area contributed by atoms with Crippen LogP contribution in [0.3, 0.4) is 0 Å². The van der Waals surface area contributed by atoms with E-state index in [1.807, 2.05) is 12.1 Å². The molecule has 2 aliphatic rings. The third-order valence-corrected chi connectivity index (χ3v) is 6.94. The number of rotatable bonds is 9. The molecule has 0 saturated carbocycles. The van der Waals surface area contributed by atoms with Crippen LogP contribution in [0.25, 0.3) is 0 Å². The van der Waals surface area contributed by atoms with Crippen LogP contribution in [0.1, 0.15) is 76.8 Å². The number of carbonyl (C=O) groups excluding carboxylic acids is 1. The van der Waals surface area contributed by atoms with E-state index >= 15 is 0 Å². The van der Waals surface area contributed by atoms with E-state index in [4.69, 9.17) is 14.6 Å². The topological polar surface area (TPSA) is 116 Å². The zero-order chi connectivity index (χ0) is 24.3. The van der Waals surface area contributed by atoms with E-state index in [2.05, 4.69) is 33.8 Å². The molecular formula is C26H38O7. The number of benzene rings is 1. The molecule has 1 aliphatic carbocycles. The summed E-state index contributed by atoms with van der Waals surface area (Å²) in [6.07, 6.45) is 2.60. The van der Waals surface area contributed by atoms with Gasteiger partial charge in [0.05, 0.1) is 6.61 Å². The Kier molecular flexibility index (Phi) is 8.22. The molecular weight excluding hydrogens is 424 g/mol. The van der Waals surface area contributed by atoms with Crippen molar-refractivity contribution >= 4 is 5.97 Å². The van der Waals surface area contributed by atoms with Crippen molar-refractivity contribution in [1.29, 1.82) is 0 Å². The minimum atomic E-state index is -1.99. The molecule has 0 saturated heterocycles. The smallest absolute Gasteiger partial charge is 0.343 e. The summed E-state index contributed by atoms with van der Waals surface area (Å²) in [5.74, 6) is 0.0966. The summed E-state index contributed by atoms with van der Waals surface area (Å²) < 4.78 is 12.1. The SMILES string of the molecule is CCCCCc1cc(OC(=O)[C@H](O)[C@H](O)[C@H](O)CO)c2c(c1)OC(C)(C)[C@@H]1CCC(C)=C[C@@H]21. The summed E-state index contributed by atoms with van der Waals surface area (Å²) in [7, 11) is 0. The molecule has 33 heavy (non-hydrogen) atoms. The molecule has 7 nitrogen and oxygen atoms in total. The second-order valence-electron chi connectivity index (χ2n) is 9.96. The minimum absolute atomic E-state index is 0.00455. The highest BCUT2D eigenvalue weighted by Gasteiger charge is 2.46. The third kappa shape index (κ3) is 5.60. The Labute approximate surface area is 196 Å². The Bertz CT molecular complexity index is 876. The van der Waals surface area contributed by atoms with Gasteiger partial charge in [-0.25, -0.2) is 4.79 Å². The van der Waals surface area contributed by atoms with Gasteiger partial charge in [-0.3, -0.25) is 0 Å². The summed E-state index contributed by atoms with van der Waals surface area (Å²) in [5, 5.41) is 38.8. The number of carbonyl (C=O) groups is 1. The van der Waals surface area contributed by atoms with Crippen LogP contribution in [0.4, 0.5) is 0 Å². The largest absolute Gasteiger partial charge is 0.487 e. The van der Waals surface area contributed by atoms with Gasteiger partial charge in [0, 0.05) is 17.4 Å². The molecule has 5 atom stereocenters. The van der Waals surface area contributed by atoms with E-state index in [9.17, 15) is 20.1 Å². The van der Waals surface area contributed by atoms with Crippen molar-refractivity contribution in [3.63, 3.8) is 0 Å². The Morgan fingerprint density at radius 3 is 2.64 bits per heavy atom. The first-order valence-corrected chi connectivity index (χ1v) is 12.0. The van der Waals surface area contributed by atoms with E-state index in [-0.39, 0.29) is 17.4 Å². The summed E-state index contributed by atoms with van der Waals surface area (Å²) in [5.41, 5.74) is 2.63. The lowest BCUT2D eigenvalue weighted by molar-refractivity contribution is -0.156. The predicted octanol–water partition coefficient (Wildman–Crippen LogP) is 3.01. The first kappa shape index (κ1) is 25.7. The number of ether oxygens (including phenoxy) is 2. The van der Waals surface area contributed by atoms with Crippen molar-refractivity contribution in [2.45, 2.75) is 96.1 Å². The van der Waals surface area contributed by atoms with Gasteiger partial charge in [-0.2, -0.15) is 0 Å². The highest BCUT2D eigenvalue weighted by atomic mass is 16.6. The molecule has 1 heterocycles. The second kappa shape index (κ2) is 10.6. The molecule has 0 spiro atoms. The summed E-state index contributed by atoms with van der Waals surface area (Å²) in [6, 6.07) is 3.85. The number of unbranched alkanes of at least 4 members (excludes halogenated alkanes) is 2. The van der Waals surface area contributed by atoms with Crippen molar-refractivity contribution in [3.8, 4) is 11.5 Å². The molecule has 3 rings (SSSR count). The van der Waals surface area contributed by atoms with Crippen LogP contribution in [0, 0.1) is 5.92 Å². The van der Waals surface area contributed by atoms with Crippen LogP contribution in [0.15, 0.2) is 23.8 Å². The predicted molar refractivity (Wildman–Crippen MR) is 124 cm³/mol. The van der Waals surface area contributed by atoms with E-state index in [0.717, 1.165) is 49.7 Å². The average Bonchev–Trinajstić information content (AvgIpc) is 2.76. The van der Waals surface area contributed by atoms with Crippen LogP contribution in [0.5, 0.6) is 11.5 Å². The molecule has 0 unspecified atom stereocenters. The fraction of sp³-hybridized carbons (Fsp3) is 0.654. The van der Waals surface area contributed by atoms with Gasteiger partial charge in [-0.05, 0) is 64.2 Å². The highest BCUT2D eigenvalue weighted by Crippen LogP contribution is 2.53. The number of aliphatic hydroxyl groups excluding tert-OH is 4. The molecule has 0 fully saturated rings. The molecule has 184 valence electrons. The third-order valence-electron chi connectivity index (χ3n) is 6.94. The molecule has 0 radical (unpaired) electrons. The van der Waals surface area contributed by atoms with Crippen molar-refractivity contribution in [2.75, 3.05) is 6.61 Å². The zero-order valence-electron chi connectivity index (χ0n) is 20.1. The van der Waals surface area contributed by atoms with E-state index in [0.29, 0.717) is 11.5 Å². The minimum Gasteiger partial charge on any atom is -0.487 e. The molecule has 1 aromatic carbocycles. The van der Waals surface area contributed by atoms with Gasteiger partial charge in [0.2, 0.25) is 0 Å². The molecule has 0 aromatic heterocycles. The van der Waals surface area contributed by atoms with E-state index in [1.54, 1.807) is 0 Å². The first-order valence-electron chi connectivity index (χ1n) is 12.0. The monoisotopic (exact) mass is 462 g/mol. The van der Waals surface area contributed by atoms with E-state index in [1.165, 1.54) is 5.57 Å². The van der Waals surface area contributed by atoms with Gasteiger partial charge < -0.3 is 29.9 Å². The van der Waals surface area contributed by atoms with E-state index < -0.39 is 30.9 Å². The number of allylic oxidation sites excluding steroid dienone is 2. The average molecular weight is 463 g/mol. The van der Waals surface area contributed by atoms with Crippen molar-refractivity contribution in [3.05, 3.63) is 34.9 Å². The van der Waals surface area contributed by atoms with Crippen molar-refractivity contribution in [2.24, 2.45) is 5.92 Å². The second-order valence-corrected chi connectivity index (χ2v) is 9.96. The molecule has 0 bridgehead atoms. The van der Waals surface area contributed by atoms with Crippen LogP contribution >= 0.6 is 0 Å². The Morgan fingerprint density at radius 2 is 1.97 bits per heavy atom.